The van der Waals surface area contributed by atoms with Gasteiger partial charge >= 0.3 is 5.97 Å². The third kappa shape index (κ3) is 3.29. The quantitative estimate of drug-likeness (QED) is 0.510. The SMILES string of the molecule is NC1(COC(=O)c2ccc([N+](=O)[O-])cc2)CCCC1. The second kappa shape index (κ2) is 5.36. The minimum absolute atomic E-state index is 0.0531. The molecular formula is C13H16N2O4. The van der Waals surface area contributed by atoms with Crippen LogP contribution in [0.25, 0.3) is 0 Å². The van der Waals surface area contributed by atoms with E-state index in [0.29, 0.717) is 5.56 Å². The monoisotopic (exact) mass is 264 g/mol. The molecule has 6 heteroatoms. The third-order valence-electron chi connectivity index (χ3n) is 3.40. The van der Waals surface area contributed by atoms with E-state index in [2.05, 4.69) is 0 Å². The van der Waals surface area contributed by atoms with Crippen LogP contribution >= 0.6 is 0 Å². The van der Waals surface area contributed by atoms with Gasteiger partial charge < -0.3 is 10.5 Å². The summed E-state index contributed by atoms with van der Waals surface area (Å²) in [5.41, 5.74) is 5.92. The number of carbonyl (C=O) groups excluding carboxylic acids is 1. The van der Waals surface area contributed by atoms with Crippen LogP contribution in [-0.2, 0) is 4.74 Å². The van der Waals surface area contributed by atoms with Crippen LogP contribution in [0.15, 0.2) is 24.3 Å². The molecule has 0 aliphatic heterocycles. The summed E-state index contributed by atoms with van der Waals surface area (Å²) < 4.78 is 5.18. The molecule has 1 aromatic carbocycles. The van der Waals surface area contributed by atoms with E-state index < -0.39 is 16.4 Å². The fourth-order valence-corrected chi connectivity index (χ4v) is 2.24. The molecule has 1 saturated carbocycles. The zero-order chi connectivity index (χ0) is 13.9. The number of nitro groups is 1. The van der Waals surface area contributed by atoms with Crippen molar-refractivity contribution < 1.29 is 14.5 Å². The fraction of sp³-hybridized carbons (Fsp3) is 0.462. The molecule has 6 nitrogen and oxygen atoms in total. The highest BCUT2D eigenvalue weighted by molar-refractivity contribution is 5.89. The Kier molecular flexibility index (Phi) is 3.80. The summed E-state index contributed by atoms with van der Waals surface area (Å²) in [7, 11) is 0. The predicted octanol–water partition coefficient (Wildman–Crippen LogP) is 2.02. The van der Waals surface area contributed by atoms with Crippen molar-refractivity contribution in [3.8, 4) is 0 Å². The van der Waals surface area contributed by atoms with E-state index in [4.69, 9.17) is 10.5 Å². The van der Waals surface area contributed by atoms with Crippen LogP contribution in [0.2, 0.25) is 0 Å². The van der Waals surface area contributed by atoms with Gasteiger partial charge in [0.25, 0.3) is 5.69 Å². The Bertz CT molecular complexity index is 478. The lowest BCUT2D eigenvalue weighted by Gasteiger charge is -2.22. The highest BCUT2D eigenvalue weighted by Gasteiger charge is 2.30. The fourth-order valence-electron chi connectivity index (χ4n) is 2.24. The maximum Gasteiger partial charge on any atom is 0.338 e. The molecule has 2 N–H and O–H groups in total. The molecule has 1 aromatic rings. The zero-order valence-corrected chi connectivity index (χ0v) is 10.5. The molecule has 1 aliphatic rings. The van der Waals surface area contributed by atoms with Crippen molar-refractivity contribution in [1.29, 1.82) is 0 Å². The summed E-state index contributed by atoms with van der Waals surface area (Å²) in [4.78, 5) is 21.8. The molecule has 0 aromatic heterocycles. The largest absolute Gasteiger partial charge is 0.460 e. The van der Waals surface area contributed by atoms with Gasteiger partial charge in [0.2, 0.25) is 0 Å². The maximum atomic E-state index is 11.8. The molecule has 0 heterocycles. The Morgan fingerprint density at radius 1 is 1.32 bits per heavy atom. The zero-order valence-electron chi connectivity index (χ0n) is 10.5. The number of ether oxygens (including phenoxy) is 1. The number of nitro benzene ring substituents is 1. The first-order valence-electron chi connectivity index (χ1n) is 6.21. The van der Waals surface area contributed by atoms with Gasteiger partial charge in [0.1, 0.15) is 6.61 Å². The van der Waals surface area contributed by atoms with Crippen LogP contribution in [0.3, 0.4) is 0 Å². The number of non-ortho nitro benzene ring substituents is 1. The summed E-state index contributed by atoms with van der Waals surface area (Å²) in [6.45, 7) is 0.197. The van der Waals surface area contributed by atoms with Gasteiger partial charge in [0.15, 0.2) is 0 Å². The molecule has 1 fully saturated rings. The second-order valence-electron chi connectivity index (χ2n) is 4.95. The summed E-state index contributed by atoms with van der Waals surface area (Å²) >= 11 is 0. The molecule has 0 saturated heterocycles. The number of hydrogen-bond acceptors (Lipinski definition) is 5. The van der Waals surface area contributed by atoms with Crippen LogP contribution in [0.5, 0.6) is 0 Å². The molecule has 0 atom stereocenters. The van der Waals surface area contributed by atoms with Gasteiger partial charge in [-0.25, -0.2) is 4.79 Å². The summed E-state index contributed by atoms with van der Waals surface area (Å²) in [5.74, 6) is -0.494. The van der Waals surface area contributed by atoms with Crippen molar-refractivity contribution >= 4 is 11.7 Å². The van der Waals surface area contributed by atoms with E-state index in [0.717, 1.165) is 25.7 Å². The van der Waals surface area contributed by atoms with Crippen molar-refractivity contribution in [2.75, 3.05) is 6.61 Å². The van der Waals surface area contributed by atoms with Gasteiger partial charge in [-0.05, 0) is 25.0 Å². The van der Waals surface area contributed by atoms with Crippen LogP contribution in [-0.4, -0.2) is 23.0 Å². The topological polar surface area (TPSA) is 95.5 Å². The van der Waals surface area contributed by atoms with E-state index in [1.165, 1.54) is 24.3 Å². The molecule has 0 unspecified atom stereocenters. The van der Waals surface area contributed by atoms with Crippen molar-refractivity contribution in [2.45, 2.75) is 31.2 Å². The minimum Gasteiger partial charge on any atom is -0.460 e. The summed E-state index contributed by atoms with van der Waals surface area (Å²) in [5, 5.41) is 10.5. The first kappa shape index (κ1) is 13.5. The normalized spacial score (nSPS) is 17.1. The molecule has 102 valence electrons. The number of benzene rings is 1. The first-order chi connectivity index (χ1) is 9.00. The number of esters is 1. The van der Waals surface area contributed by atoms with Crippen LogP contribution in [0.4, 0.5) is 5.69 Å². The van der Waals surface area contributed by atoms with Crippen LogP contribution in [0.1, 0.15) is 36.0 Å². The average molecular weight is 264 g/mol. The van der Waals surface area contributed by atoms with Gasteiger partial charge in [-0.2, -0.15) is 0 Å². The van der Waals surface area contributed by atoms with E-state index >= 15 is 0 Å². The first-order valence-corrected chi connectivity index (χ1v) is 6.21. The highest BCUT2D eigenvalue weighted by atomic mass is 16.6. The highest BCUT2D eigenvalue weighted by Crippen LogP contribution is 2.27. The molecule has 0 radical (unpaired) electrons. The van der Waals surface area contributed by atoms with Crippen molar-refractivity contribution in [3.63, 3.8) is 0 Å². The van der Waals surface area contributed by atoms with Gasteiger partial charge in [0, 0.05) is 12.1 Å². The molecule has 0 amide bonds. The van der Waals surface area contributed by atoms with Crippen LogP contribution in [0, 0.1) is 10.1 Å². The lowest BCUT2D eigenvalue weighted by atomic mass is 10.0. The predicted molar refractivity (Wildman–Crippen MR) is 68.8 cm³/mol. The molecular weight excluding hydrogens is 248 g/mol. The number of carbonyl (C=O) groups is 1. The van der Waals surface area contributed by atoms with Gasteiger partial charge in [0.05, 0.1) is 16.0 Å². The number of nitrogens with zero attached hydrogens (tertiary/aromatic N) is 1. The molecule has 2 rings (SSSR count). The lowest BCUT2D eigenvalue weighted by Crippen LogP contribution is -2.42. The average Bonchev–Trinajstić information content (AvgIpc) is 2.83. The molecule has 0 bridgehead atoms. The Morgan fingerprint density at radius 2 is 1.89 bits per heavy atom. The Labute approximate surface area is 110 Å². The molecule has 19 heavy (non-hydrogen) atoms. The molecule has 1 aliphatic carbocycles. The van der Waals surface area contributed by atoms with E-state index in [-0.39, 0.29) is 12.3 Å². The second-order valence-corrected chi connectivity index (χ2v) is 4.95. The van der Waals surface area contributed by atoms with E-state index in [9.17, 15) is 14.9 Å². The van der Waals surface area contributed by atoms with E-state index in [1.54, 1.807) is 0 Å². The van der Waals surface area contributed by atoms with Crippen molar-refractivity contribution in [1.82, 2.24) is 0 Å². The Morgan fingerprint density at radius 3 is 2.42 bits per heavy atom. The maximum absolute atomic E-state index is 11.8. The lowest BCUT2D eigenvalue weighted by molar-refractivity contribution is -0.384. The van der Waals surface area contributed by atoms with Crippen LogP contribution < -0.4 is 5.73 Å². The Hall–Kier alpha value is -1.95. The standard InChI is InChI=1S/C13H16N2O4/c14-13(7-1-2-8-13)9-19-12(16)10-3-5-11(6-4-10)15(17)18/h3-6H,1-2,7-9,14H2. The summed E-state index contributed by atoms with van der Waals surface area (Å²) in [6.07, 6.45) is 3.85. The van der Waals surface area contributed by atoms with Crippen molar-refractivity contribution in [3.05, 3.63) is 39.9 Å². The van der Waals surface area contributed by atoms with Gasteiger partial charge in [-0.15, -0.1) is 0 Å². The van der Waals surface area contributed by atoms with Gasteiger partial charge in [-0.1, -0.05) is 12.8 Å². The van der Waals surface area contributed by atoms with Gasteiger partial charge in [-0.3, -0.25) is 10.1 Å². The Balaban J connectivity index is 1.94. The number of hydrogen-bond donors (Lipinski definition) is 1. The smallest absolute Gasteiger partial charge is 0.338 e. The van der Waals surface area contributed by atoms with Crippen molar-refractivity contribution in [2.24, 2.45) is 5.73 Å². The number of nitrogens with two attached hydrogens (primary N) is 1. The number of rotatable bonds is 4. The summed E-state index contributed by atoms with van der Waals surface area (Å²) in [6, 6.07) is 5.34. The third-order valence-corrected chi connectivity index (χ3v) is 3.40. The van der Waals surface area contributed by atoms with E-state index in [1.807, 2.05) is 0 Å². The minimum atomic E-state index is -0.511. The molecule has 0 spiro atoms.